The van der Waals surface area contributed by atoms with Crippen molar-refractivity contribution in [2.75, 3.05) is 0 Å². The van der Waals surface area contributed by atoms with Crippen LogP contribution in [0.3, 0.4) is 0 Å². The van der Waals surface area contributed by atoms with E-state index < -0.39 is 5.91 Å². The fraction of sp³-hybridized carbons (Fsp3) is 0.857. The van der Waals surface area contributed by atoms with Crippen LogP contribution in [0.5, 0.6) is 0 Å². The maximum atomic E-state index is 10.9. The average molecular weight is 159 g/mol. The van der Waals surface area contributed by atoms with E-state index in [2.05, 4.69) is 0 Å². The highest BCUT2D eigenvalue weighted by Gasteiger charge is 2.24. The fourth-order valence-electron chi connectivity index (χ4n) is 1.51. The summed E-state index contributed by atoms with van der Waals surface area (Å²) < 4.78 is 0. The molecule has 0 spiro atoms. The Bertz CT molecular complexity index is 141. The fourth-order valence-corrected chi connectivity index (χ4v) is 1.51. The van der Waals surface area contributed by atoms with Crippen molar-refractivity contribution in [2.45, 2.75) is 32.1 Å². The van der Waals surface area contributed by atoms with Crippen molar-refractivity contribution in [3.63, 3.8) is 0 Å². The Morgan fingerprint density at radius 2 is 1.73 bits per heavy atom. The van der Waals surface area contributed by atoms with E-state index in [4.69, 9.17) is 10.4 Å². The average Bonchev–Trinajstić information content (AvgIpc) is 2.05. The lowest BCUT2D eigenvalue weighted by Gasteiger charge is -2.21. The maximum absolute atomic E-state index is 10.9. The molecule has 1 saturated carbocycles. The summed E-state index contributed by atoms with van der Waals surface area (Å²) in [6.07, 6.45) is 4.77. The van der Waals surface area contributed by atoms with Gasteiger partial charge in [-0.05, 0) is 12.8 Å². The molecular formula is C7H13NO3. The molecule has 1 rings (SSSR count). The molecule has 0 radical (unpaired) electrons. The monoisotopic (exact) mass is 159 g/mol. The van der Waals surface area contributed by atoms with Gasteiger partial charge in [-0.2, -0.15) is 0 Å². The van der Waals surface area contributed by atoms with Gasteiger partial charge in [0, 0.05) is 5.92 Å². The molecule has 0 saturated heterocycles. The van der Waals surface area contributed by atoms with Crippen molar-refractivity contribution in [1.29, 1.82) is 0 Å². The Balaban J connectivity index is 2.39. The van der Waals surface area contributed by atoms with E-state index in [1.54, 1.807) is 0 Å². The smallest absolute Gasteiger partial charge is 0.270 e. The van der Waals surface area contributed by atoms with Gasteiger partial charge in [-0.25, -0.2) is 0 Å². The number of hydrogen-bond acceptors (Lipinski definition) is 3. The number of hydrogen-bond donors (Lipinski definition) is 2. The molecule has 4 heteroatoms. The predicted molar refractivity (Wildman–Crippen MR) is 37.0 cm³/mol. The lowest BCUT2D eigenvalue weighted by atomic mass is 9.89. The second kappa shape index (κ2) is 3.69. The summed E-state index contributed by atoms with van der Waals surface area (Å²) >= 11 is 0. The Hall–Kier alpha value is -0.610. The molecule has 1 aliphatic rings. The third-order valence-corrected chi connectivity index (χ3v) is 2.15. The molecule has 0 atom stereocenters. The summed E-state index contributed by atoms with van der Waals surface area (Å²) in [4.78, 5) is 10.9. The van der Waals surface area contributed by atoms with E-state index in [0.717, 1.165) is 32.1 Å². The molecule has 0 unspecified atom stereocenters. The summed E-state index contributed by atoms with van der Waals surface area (Å²) in [5, 5.41) is 16.5. The van der Waals surface area contributed by atoms with Crippen LogP contribution in [-0.2, 0) is 4.79 Å². The van der Waals surface area contributed by atoms with E-state index in [-0.39, 0.29) is 11.1 Å². The molecule has 1 fully saturated rings. The van der Waals surface area contributed by atoms with E-state index in [9.17, 15) is 4.79 Å². The highest BCUT2D eigenvalue weighted by atomic mass is 16.8. The maximum Gasteiger partial charge on any atom is 0.276 e. The first-order valence-electron chi connectivity index (χ1n) is 3.93. The number of carbonyl (C=O) groups is 1. The van der Waals surface area contributed by atoms with Crippen molar-refractivity contribution < 1.29 is 15.2 Å². The SMILES string of the molecule is O=C(C1CCCCC1)N(O)O. The molecule has 0 aromatic rings. The lowest BCUT2D eigenvalue weighted by Crippen LogP contribution is -2.31. The highest BCUT2D eigenvalue weighted by Crippen LogP contribution is 2.24. The molecular weight excluding hydrogens is 146 g/mol. The minimum Gasteiger partial charge on any atom is -0.270 e. The van der Waals surface area contributed by atoms with Crippen LogP contribution >= 0.6 is 0 Å². The summed E-state index contributed by atoms with van der Waals surface area (Å²) in [6.45, 7) is 0. The molecule has 4 nitrogen and oxygen atoms in total. The second-order valence-electron chi connectivity index (χ2n) is 2.96. The van der Waals surface area contributed by atoms with Gasteiger partial charge in [-0.1, -0.05) is 24.5 Å². The van der Waals surface area contributed by atoms with Crippen LogP contribution in [0, 0.1) is 5.92 Å². The Morgan fingerprint density at radius 1 is 1.18 bits per heavy atom. The molecule has 64 valence electrons. The van der Waals surface area contributed by atoms with E-state index in [1.807, 2.05) is 0 Å². The minimum absolute atomic E-state index is 0.168. The number of hydroxylamine groups is 2. The molecule has 0 heterocycles. The topological polar surface area (TPSA) is 60.8 Å². The summed E-state index contributed by atoms with van der Waals surface area (Å²) in [5.74, 6) is -0.733. The first-order chi connectivity index (χ1) is 5.22. The lowest BCUT2D eigenvalue weighted by molar-refractivity contribution is -0.288. The molecule has 1 amide bonds. The van der Waals surface area contributed by atoms with Crippen LogP contribution in [0.1, 0.15) is 32.1 Å². The van der Waals surface area contributed by atoms with Crippen LogP contribution < -0.4 is 0 Å². The first-order valence-corrected chi connectivity index (χ1v) is 3.93. The first kappa shape index (κ1) is 8.49. The van der Waals surface area contributed by atoms with Gasteiger partial charge in [0.1, 0.15) is 0 Å². The van der Waals surface area contributed by atoms with Crippen molar-refractivity contribution in [3.05, 3.63) is 0 Å². The van der Waals surface area contributed by atoms with Crippen LogP contribution in [0.25, 0.3) is 0 Å². The molecule has 2 N–H and O–H groups in total. The molecule has 0 aliphatic heterocycles. The quantitative estimate of drug-likeness (QED) is 0.446. The van der Waals surface area contributed by atoms with E-state index in [1.165, 1.54) is 0 Å². The predicted octanol–water partition coefficient (Wildman–Crippen LogP) is 1.17. The van der Waals surface area contributed by atoms with Gasteiger partial charge in [0.25, 0.3) is 5.91 Å². The number of rotatable bonds is 1. The van der Waals surface area contributed by atoms with Crippen LogP contribution in [0.15, 0.2) is 0 Å². The molecule has 0 bridgehead atoms. The Morgan fingerprint density at radius 3 is 2.18 bits per heavy atom. The Labute approximate surface area is 65.3 Å². The van der Waals surface area contributed by atoms with Crippen molar-refractivity contribution in [2.24, 2.45) is 5.92 Å². The standard InChI is InChI=1S/C7H13NO3/c9-7(8(10)11)6-4-2-1-3-5-6/h6,10-11H,1-5H2. The molecule has 0 aromatic heterocycles. The van der Waals surface area contributed by atoms with E-state index >= 15 is 0 Å². The van der Waals surface area contributed by atoms with Gasteiger partial charge in [0.05, 0.1) is 0 Å². The molecule has 11 heavy (non-hydrogen) atoms. The zero-order valence-electron chi connectivity index (χ0n) is 6.36. The zero-order chi connectivity index (χ0) is 8.27. The van der Waals surface area contributed by atoms with Crippen LogP contribution in [0.4, 0.5) is 0 Å². The van der Waals surface area contributed by atoms with Crippen LogP contribution in [-0.4, -0.2) is 21.5 Å². The van der Waals surface area contributed by atoms with Gasteiger partial charge < -0.3 is 0 Å². The summed E-state index contributed by atoms with van der Waals surface area (Å²) in [7, 11) is 0. The highest BCUT2D eigenvalue weighted by molar-refractivity contribution is 5.76. The van der Waals surface area contributed by atoms with Crippen LogP contribution in [0.2, 0.25) is 0 Å². The minimum atomic E-state index is -0.565. The second-order valence-corrected chi connectivity index (χ2v) is 2.96. The largest absolute Gasteiger partial charge is 0.276 e. The zero-order valence-corrected chi connectivity index (χ0v) is 6.36. The number of amides is 1. The van der Waals surface area contributed by atoms with Gasteiger partial charge in [0.2, 0.25) is 0 Å². The molecule has 1 aliphatic carbocycles. The normalized spacial score (nSPS) is 19.8. The van der Waals surface area contributed by atoms with E-state index in [0.29, 0.717) is 0 Å². The third kappa shape index (κ3) is 2.17. The van der Waals surface area contributed by atoms with Gasteiger partial charge in [0.15, 0.2) is 0 Å². The van der Waals surface area contributed by atoms with Gasteiger partial charge in [-0.3, -0.25) is 15.2 Å². The Kier molecular flexibility index (Phi) is 2.84. The number of carbonyl (C=O) groups excluding carboxylic acids is 1. The van der Waals surface area contributed by atoms with Gasteiger partial charge in [-0.15, -0.1) is 0 Å². The number of nitrogens with zero attached hydrogens (tertiary/aromatic N) is 1. The van der Waals surface area contributed by atoms with Crippen molar-refractivity contribution >= 4 is 5.91 Å². The summed E-state index contributed by atoms with van der Waals surface area (Å²) in [6, 6.07) is 0. The summed E-state index contributed by atoms with van der Waals surface area (Å²) in [5.41, 5.74) is 0. The van der Waals surface area contributed by atoms with Gasteiger partial charge >= 0.3 is 0 Å². The van der Waals surface area contributed by atoms with Crippen molar-refractivity contribution in [3.8, 4) is 0 Å². The van der Waals surface area contributed by atoms with Crippen molar-refractivity contribution in [1.82, 2.24) is 5.23 Å². The third-order valence-electron chi connectivity index (χ3n) is 2.15. The molecule has 0 aromatic carbocycles.